The average Bonchev–Trinajstić information content (AvgIpc) is 3.45. The molecule has 2 saturated heterocycles. The molecule has 4 heterocycles. The van der Waals surface area contributed by atoms with Crippen molar-refractivity contribution in [3.8, 4) is 0 Å². The second-order valence-electron chi connectivity index (χ2n) is 12.0. The van der Waals surface area contributed by atoms with Crippen molar-refractivity contribution in [2.24, 2.45) is 0 Å². The van der Waals surface area contributed by atoms with E-state index in [0.717, 1.165) is 8.95 Å². The fourth-order valence-electron chi connectivity index (χ4n) is 4.38. The maximum absolute atomic E-state index is 12.1. The molecule has 2 unspecified atom stereocenters. The third kappa shape index (κ3) is 9.45. The zero-order chi connectivity index (χ0) is 29.8. The minimum atomic E-state index is -0.650. The molecule has 40 heavy (non-hydrogen) atoms. The highest BCUT2D eigenvalue weighted by Crippen LogP contribution is 2.26. The van der Waals surface area contributed by atoms with Crippen molar-refractivity contribution in [2.45, 2.75) is 89.9 Å². The Labute approximate surface area is 251 Å². The molecule has 2 N–H and O–H groups in total. The van der Waals surface area contributed by atoms with Crippen LogP contribution >= 0.6 is 31.9 Å². The molecule has 4 rings (SSSR count). The van der Waals surface area contributed by atoms with E-state index in [0.29, 0.717) is 32.5 Å². The zero-order valence-corrected chi connectivity index (χ0v) is 27.0. The van der Waals surface area contributed by atoms with Crippen molar-refractivity contribution >= 4 is 44.0 Å². The van der Waals surface area contributed by atoms with Crippen molar-refractivity contribution in [3.05, 3.63) is 33.7 Å². The Morgan fingerprint density at radius 2 is 1.23 bits per heavy atom. The van der Waals surface area contributed by atoms with Gasteiger partial charge >= 0.3 is 12.2 Å². The molecule has 2 amide bonds. The van der Waals surface area contributed by atoms with Crippen molar-refractivity contribution in [1.82, 2.24) is 29.4 Å². The largest absolute Gasteiger partial charge is 0.444 e. The van der Waals surface area contributed by atoms with Gasteiger partial charge in [0.25, 0.3) is 0 Å². The standard InChI is InChI=1S/2C13H20BrN3O3/c1-13(2,3)20-12(19)16-5-4-11(18)10(8-16)17-7-9(14)6-15-17;1-13(2,3)20-12(19)16-5-4-10(11(18)8-16)17-7-9(14)6-15-17/h2*6-7,10-11,18H,4-5,8H2,1-3H3/t2*10?,11-/m10/s1. The number of rotatable bonds is 2. The topological polar surface area (TPSA) is 135 Å². The molecule has 2 aromatic rings. The fourth-order valence-corrected chi connectivity index (χ4v) is 4.99. The summed E-state index contributed by atoms with van der Waals surface area (Å²) < 4.78 is 15.8. The second-order valence-corrected chi connectivity index (χ2v) is 13.8. The molecule has 0 saturated carbocycles. The lowest BCUT2D eigenvalue weighted by Gasteiger charge is -2.36. The van der Waals surface area contributed by atoms with E-state index in [4.69, 9.17) is 9.47 Å². The summed E-state index contributed by atoms with van der Waals surface area (Å²) in [4.78, 5) is 27.2. The summed E-state index contributed by atoms with van der Waals surface area (Å²) in [5, 5.41) is 28.7. The Morgan fingerprint density at radius 3 is 1.65 bits per heavy atom. The van der Waals surface area contributed by atoms with Crippen LogP contribution in [0.15, 0.2) is 33.7 Å². The lowest BCUT2D eigenvalue weighted by Crippen LogP contribution is -2.48. The number of ether oxygens (including phenoxy) is 2. The number of hydrogen-bond donors (Lipinski definition) is 2. The van der Waals surface area contributed by atoms with Gasteiger partial charge in [0.05, 0.1) is 52.2 Å². The number of aliphatic hydroxyl groups excluding tert-OH is 2. The number of halogens is 2. The number of aromatic nitrogens is 4. The van der Waals surface area contributed by atoms with Gasteiger partial charge in [-0.25, -0.2) is 9.59 Å². The summed E-state index contributed by atoms with van der Waals surface area (Å²) >= 11 is 6.67. The normalized spacial score (nSPS) is 23.8. The maximum atomic E-state index is 12.1. The van der Waals surface area contributed by atoms with Gasteiger partial charge in [-0.05, 0) is 86.2 Å². The first-order valence-corrected chi connectivity index (χ1v) is 14.8. The van der Waals surface area contributed by atoms with Crippen LogP contribution in [0.2, 0.25) is 0 Å². The highest BCUT2D eigenvalue weighted by atomic mass is 79.9. The summed E-state index contributed by atoms with van der Waals surface area (Å²) in [5.41, 5.74) is -1.04. The monoisotopic (exact) mass is 690 g/mol. The predicted octanol–water partition coefficient (Wildman–Crippen LogP) is 4.38. The highest BCUT2D eigenvalue weighted by molar-refractivity contribution is 9.10. The van der Waals surface area contributed by atoms with Gasteiger partial charge in [0, 0.05) is 32.0 Å². The van der Waals surface area contributed by atoms with Gasteiger partial charge in [-0.1, -0.05) is 0 Å². The maximum Gasteiger partial charge on any atom is 0.410 e. The van der Waals surface area contributed by atoms with Crippen LogP contribution in [0.1, 0.15) is 66.5 Å². The number of β-amino-alcohol motifs (C(OH)–C–C–N with tert-alkyl or cyclic N) is 1. The first-order chi connectivity index (χ1) is 18.5. The van der Waals surface area contributed by atoms with E-state index in [1.807, 2.05) is 47.7 Å². The van der Waals surface area contributed by atoms with Gasteiger partial charge in [-0.3, -0.25) is 9.36 Å². The highest BCUT2D eigenvalue weighted by Gasteiger charge is 2.35. The molecular formula is C26H40Br2N6O6. The summed E-state index contributed by atoms with van der Waals surface area (Å²) in [5.74, 6) is 0. The summed E-state index contributed by atoms with van der Waals surface area (Å²) in [6.45, 7) is 12.7. The molecule has 12 nitrogen and oxygen atoms in total. The summed E-state index contributed by atoms with van der Waals surface area (Å²) in [6, 6.07) is -0.359. The molecule has 0 radical (unpaired) electrons. The minimum Gasteiger partial charge on any atom is -0.444 e. The average molecular weight is 692 g/mol. The Hall–Kier alpha value is -2.16. The lowest BCUT2D eigenvalue weighted by molar-refractivity contribution is -0.0119. The lowest BCUT2D eigenvalue weighted by atomic mass is 10.0. The van der Waals surface area contributed by atoms with Crippen molar-refractivity contribution in [1.29, 1.82) is 0 Å². The van der Waals surface area contributed by atoms with Crippen molar-refractivity contribution in [3.63, 3.8) is 0 Å². The molecule has 0 bridgehead atoms. The van der Waals surface area contributed by atoms with Crippen LogP contribution in [0.4, 0.5) is 9.59 Å². The van der Waals surface area contributed by atoms with Gasteiger partial charge < -0.3 is 29.5 Å². The molecular weight excluding hydrogens is 652 g/mol. The molecule has 0 spiro atoms. The third-order valence-electron chi connectivity index (χ3n) is 6.22. The van der Waals surface area contributed by atoms with E-state index < -0.39 is 23.4 Å². The predicted molar refractivity (Wildman–Crippen MR) is 155 cm³/mol. The molecule has 224 valence electrons. The number of carbonyl (C=O) groups excluding carboxylic acids is 2. The van der Waals surface area contributed by atoms with E-state index in [-0.39, 0.29) is 30.8 Å². The van der Waals surface area contributed by atoms with Crippen LogP contribution < -0.4 is 0 Å². The number of likely N-dealkylation sites (tertiary alicyclic amines) is 2. The molecule has 0 aliphatic carbocycles. The molecule has 4 atom stereocenters. The van der Waals surface area contributed by atoms with Gasteiger partial charge in [0.2, 0.25) is 0 Å². The quantitative estimate of drug-likeness (QED) is 0.474. The van der Waals surface area contributed by atoms with E-state index in [1.54, 1.807) is 37.8 Å². The van der Waals surface area contributed by atoms with Crippen LogP contribution in [0, 0.1) is 0 Å². The molecule has 2 aliphatic rings. The Kier molecular flexibility index (Phi) is 10.7. The summed E-state index contributed by atoms with van der Waals surface area (Å²) in [7, 11) is 0. The second kappa shape index (κ2) is 13.2. The number of piperidine rings is 2. The molecule has 2 aromatic heterocycles. The SMILES string of the molecule is CC(C)(C)OC(=O)N1CCC(n2cc(Br)cn2)[C@@H](O)C1.CC(C)(C)OC(=O)N1CC[C@@H](O)C(n2cc(Br)cn2)C1. The number of carbonyl (C=O) groups is 2. The van der Waals surface area contributed by atoms with E-state index in [1.165, 1.54) is 0 Å². The van der Waals surface area contributed by atoms with Crippen molar-refractivity contribution in [2.75, 3.05) is 26.2 Å². The van der Waals surface area contributed by atoms with Crippen LogP contribution in [-0.4, -0.2) is 101 Å². The van der Waals surface area contributed by atoms with Gasteiger partial charge in [-0.15, -0.1) is 0 Å². The van der Waals surface area contributed by atoms with Crippen LogP contribution in [-0.2, 0) is 9.47 Å². The zero-order valence-electron chi connectivity index (χ0n) is 23.8. The molecule has 2 aliphatic heterocycles. The van der Waals surface area contributed by atoms with E-state index in [9.17, 15) is 19.8 Å². The van der Waals surface area contributed by atoms with Crippen LogP contribution in [0.5, 0.6) is 0 Å². The summed E-state index contributed by atoms with van der Waals surface area (Å²) in [6.07, 6.45) is 6.26. The first kappa shape index (κ1) is 32.4. The number of amides is 2. The number of nitrogens with zero attached hydrogens (tertiary/aromatic N) is 6. The van der Waals surface area contributed by atoms with Crippen LogP contribution in [0.3, 0.4) is 0 Å². The Balaban J connectivity index is 0.000000220. The van der Waals surface area contributed by atoms with Gasteiger partial charge in [-0.2, -0.15) is 10.2 Å². The molecule has 0 aromatic carbocycles. The third-order valence-corrected chi connectivity index (χ3v) is 7.03. The van der Waals surface area contributed by atoms with Crippen molar-refractivity contribution < 1.29 is 29.3 Å². The Morgan fingerprint density at radius 1 is 0.775 bits per heavy atom. The van der Waals surface area contributed by atoms with E-state index in [2.05, 4.69) is 42.1 Å². The first-order valence-electron chi connectivity index (χ1n) is 13.2. The number of aliphatic hydroxyl groups is 2. The smallest absolute Gasteiger partial charge is 0.410 e. The minimum absolute atomic E-state index is 0.111. The van der Waals surface area contributed by atoms with Crippen LogP contribution in [0.25, 0.3) is 0 Å². The van der Waals surface area contributed by atoms with Gasteiger partial charge in [0.1, 0.15) is 11.2 Å². The fraction of sp³-hybridized carbons (Fsp3) is 0.692. The number of hydrogen-bond acceptors (Lipinski definition) is 8. The van der Waals surface area contributed by atoms with Gasteiger partial charge in [0.15, 0.2) is 0 Å². The van der Waals surface area contributed by atoms with E-state index >= 15 is 0 Å². The Bertz CT molecular complexity index is 1140. The molecule has 14 heteroatoms. The molecule has 2 fully saturated rings.